The second-order valence-electron chi connectivity index (χ2n) is 2.71. The van der Waals surface area contributed by atoms with Crippen LogP contribution in [0.5, 0.6) is 0 Å². The summed E-state index contributed by atoms with van der Waals surface area (Å²) in [6.07, 6.45) is -1.12. The third-order valence-electron chi connectivity index (χ3n) is 1.59. The molecule has 0 radical (unpaired) electrons. The normalized spacial score (nSPS) is 15.8. The Morgan fingerprint density at radius 3 is 2.06 bits per heavy atom. The van der Waals surface area contributed by atoms with Gasteiger partial charge in [0.2, 0.25) is 0 Å². The van der Waals surface area contributed by atoms with Crippen LogP contribution in [0.2, 0.25) is 0 Å². The van der Waals surface area contributed by atoms with Gasteiger partial charge in [-0.25, -0.2) is 9.68 Å². The Bertz CT molecular complexity index is 373. The van der Waals surface area contributed by atoms with Crippen molar-refractivity contribution in [3.8, 4) is 0 Å². The van der Waals surface area contributed by atoms with Gasteiger partial charge in [-0.15, -0.1) is 20.2 Å². The van der Waals surface area contributed by atoms with Crippen molar-refractivity contribution in [3.05, 3.63) is 20.2 Å². The zero-order valence-electron chi connectivity index (χ0n) is 7.89. The molecule has 0 aliphatic carbocycles. The van der Waals surface area contributed by atoms with E-state index in [0.717, 1.165) is 0 Å². The first-order valence-corrected chi connectivity index (χ1v) is 3.94. The van der Waals surface area contributed by atoms with Gasteiger partial charge in [-0.2, -0.15) is 9.78 Å². The van der Waals surface area contributed by atoms with Crippen molar-refractivity contribution in [1.82, 2.24) is 0 Å². The highest BCUT2D eigenvalue weighted by atomic mass is 17.4. The average molecular weight is 252 g/mol. The van der Waals surface area contributed by atoms with Gasteiger partial charge in [0.1, 0.15) is 0 Å². The molecule has 0 amide bonds. The highest BCUT2D eigenvalue weighted by Crippen LogP contribution is 2.35. The molecule has 1 saturated heterocycles. The van der Waals surface area contributed by atoms with Crippen molar-refractivity contribution in [3.63, 3.8) is 0 Å². The predicted molar refractivity (Wildman–Crippen MR) is 40.3 cm³/mol. The van der Waals surface area contributed by atoms with E-state index in [4.69, 9.17) is 0 Å². The molecule has 0 aromatic carbocycles. The average Bonchev–Trinajstić information content (AvgIpc) is 2.93. The van der Waals surface area contributed by atoms with Crippen LogP contribution in [0.15, 0.2) is 0 Å². The second kappa shape index (κ2) is 4.67. The highest BCUT2D eigenvalue weighted by molar-refractivity contribution is 5.79. The molecule has 12 nitrogen and oxygen atoms in total. The standard InChI is InChI=1S/C5H4N2O10/c8-3(14-6(10)11)1-2-5(16-17-5)4(9)15-7(12)13/h1-2H2. The molecule has 1 fully saturated rings. The zero-order chi connectivity index (χ0) is 13.1. The molecule has 0 N–H and O–H groups in total. The van der Waals surface area contributed by atoms with Gasteiger partial charge in [-0.3, -0.25) is 9.59 Å². The van der Waals surface area contributed by atoms with Gasteiger partial charge in [-0.05, 0) is 0 Å². The molecule has 1 aliphatic heterocycles. The van der Waals surface area contributed by atoms with E-state index in [0.29, 0.717) is 0 Å². The third kappa shape index (κ3) is 3.62. The summed E-state index contributed by atoms with van der Waals surface area (Å²) in [6, 6.07) is 0. The number of rotatable bonds is 6. The Morgan fingerprint density at radius 1 is 1.12 bits per heavy atom. The third-order valence-corrected chi connectivity index (χ3v) is 1.59. The molecule has 0 aromatic rings. The summed E-state index contributed by atoms with van der Waals surface area (Å²) in [5.41, 5.74) is 0. The van der Waals surface area contributed by atoms with Crippen LogP contribution >= 0.6 is 0 Å². The second-order valence-corrected chi connectivity index (χ2v) is 2.71. The minimum Gasteiger partial charge on any atom is -0.268 e. The summed E-state index contributed by atoms with van der Waals surface area (Å²) in [7, 11) is 0. The molecule has 94 valence electrons. The summed E-state index contributed by atoms with van der Waals surface area (Å²) in [4.78, 5) is 56.6. The lowest BCUT2D eigenvalue weighted by atomic mass is 10.1. The van der Waals surface area contributed by atoms with Crippen LogP contribution < -0.4 is 0 Å². The first-order chi connectivity index (χ1) is 7.85. The van der Waals surface area contributed by atoms with E-state index in [1.54, 1.807) is 0 Å². The topological polar surface area (TPSA) is 164 Å². The summed E-state index contributed by atoms with van der Waals surface area (Å²) < 4.78 is 0. The SMILES string of the molecule is O=C(CCC1(C(=O)O[N+](=O)[O-])OO1)O[N+](=O)[O-]. The van der Waals surface area contributed by atoms with Crippen molar-refractivity contribution in [2.24, 2.45) is 0 Å². The number of nitrogens with zero attached hydrogens (tertiary/aromatic N) is 2. The van der Waals surface area contributed by atoms with E-state index in [1.807, 2.05) is 0 Å². The van der Waals surface area contributed by atoms with Crippen LogP contribution in [0.3, 0.4) is 0 Å². The molecule has 1 rings (SSSR count). The largest absolute Gasteiger partial charge is 0.368 e. The maximum atomic E-state index is 11.0. The fourth-order valence-electron chi connectivity index (χ4n) is 0.836. The first kappa shape index (κ1) is 12.7. The van der Waals surface area contributed by atoms with Crippen molar-refractivity contribution in [2.45, 2.75) is 18.6 Å². The monoisotopic (exact) mass is 252 g/mol. The maximum absolute atomic E-state index is 11.0. The van der Waals surface area contributed by atoms with Crippen LogP contribution in [0, 0.1) is 20.2 Å². The molecule has 0 bridgehead atoms. The molecule has 0 unspecified atom stereocenters. The van der Waals surface area contributed by atoms with Gasteiger partial charge in [-0.1, -0.05) is 0 Å². The summed E-state index contributed by atoms with van der Waals surface area (Å²) in [6.45, 7) is 0. The van der Waals surface area contributed by atoms with Gasteiger partial charge in [0.15, 0.2) is 0 Å². The van der Waals surface area contributed by atoms with Gasteiger partial charge >= 0.3 is 27.9 Å². The van der Waals surface area contributed by atoms with E-state index in [1.165, 1.54) is 0 Å². The van der Waals surface area contributed by atoms with E-state index >= 15 is 0 Å². The van der Waals surface area contributed by atoms with Gasteiger partial charge in [0.05, 0.1) is 0 Å². The van der Waals surface area contributed by atoms with E-state index in [9.17, 15) is 29.8 Å². The fraction of sp³-hybridized carbons (Fsp3) is 0.600. The summed E-state index contributed by atoms with van der Waals surface area (Å²) in [5, 5.41) is 16.9. The predicted octanol–water partition coefficient (Wildman–Crippen LogP) is -1.11. The molecule has 0 aromatic heterocycles. The molecular formula is C5H4N2O10. The van der Waals surface area contributed by atoms with Crippen LogP contribution in [-0.4, -0.2) is 27.9 Å². The maximum Gasteiger partial charge on any atom is 0.368 e. The molecule has 12 heteroatoms. The Kier molecular flexibility index (Phi) is 3.49. The summed E-state index contributed by atoms with van der Waals surface area (Å²) in [5.74, 6) is -4.80. The van der Waals surface area contributed by atoms with Gasteiger partial charge < -0.3 is 0 Å². The van der Waals surface area contributed by atoms with Crippen LogP contribution in [-0.2, 0) is 29.0 Å². The molecule has 0 saturated carbocycles. The fourth-order valence-corrected chi connectivity index (χ4v) is 0.836. The highest BCUT2D eigenvalue weighted by Gasteiger charge is 2.58. The Balaban J connectivity index is 2.40. The van der Waals surface area contributed by atoms with E-state index < -0.39 is 40.7 Å². The van der Waals surface area contributed by atoms with Crippen molar-refractivity contribution < 1.29 is 39.2 Å². The minimum absolute atomic E-state index is 0.508. The molecule has 0 atom stereocenters. The lowest BCUT2D eigenvalue weighted by Crippen LogP contribution is -2.29. The quantitative estimate of drug-likeness (QED) is 0.245. The van der Waals surface area contributed by atoms with Crippen LogP contribution in [0.4, 0.5) is 0 Å². The molecule has 0 spiro atoms. The van der Waals surface area contributed by atoms with Gasteiger partial charge in [0.25, 0.3) is 0 Å². The molecule has 1 heterocycles. The number of carbonyl (C=O) groups excluding carboxylic acids is 2. The number of hydrogen-bond acceptors (Lipinski definition) is 10. The zero-order valence-corrected chi connectivity index (χ0v) is 7.89. The summed E-state index contributed by atoms with van der Waals surface area (Å²) >= 11 is 0. The van der Waals surface area contributed by atoms with Crippen molar-refractivity contribution in [1.29, 1.82) is 0 Å². The van der Waals surface area contributed by atoms with Crippen molar-refractivity contribution in [2.75, 3.05) is 0 Å². The van der Waals surface area contributed by atoms with Gasteiger partial charge in [0, 0.05) is 12.8 Å². The lowest BCUT2D eigenvalue weighted by Gasteiger charge is -2.02. The van der Waals surface area contributed by atoms with Crippen LogP contribution in [0.25, 0.3) is 0 Å². The van der Waals surface area contributed by atoms with Crippen molar-refractivity contribution >= 4 is 11.9 Å². The first-order valence-electron chi connectivity index (χ1n) is 3.94. The Hall–Kier alpha value is -2.34. The smallest absolute Gasteiger partial charge is 0.268 e. The minimum atomic E-state index is -2.07. The number of carbonyl (C=O) groups is 2. The molecule has 17 heavy (non-hydrogen) atoms. The lowest BCUT2D eigenvalue weighted by molar-refractivity contribution is -0.730. The molecular weight excluding hydrogens is 248 g/mol. The Morgan fingerprint density at radius 2 is 1.65 bits per heavy atom. The van der Waals surface area contributed by atoms with Crippen LogP contribution in [0.1, 0.15) is 12.8 Å². The van der Waals surface area contributed by atoms with E-state index in [2.05, 4.69) is 19.5 Å². The molecule has 1 aliphatic rings. The van der Waals surface area contributed by atoms with E-state index in [-0.39, 0.29) is 0 Å². The number of hydrogen-bond donors (Lipinski definition) is 0. The Labute approximate surface area is 91.1 Å².